The number of H-pyrrole nitrogens is 1. The number of fused-ring (bicyclic) bond motifs is 1. The lowest BCUT2D eigenvalue weighted by Crippen LogP contribution is -2.13. The topological polar surface area (TPSA) is 132 Å². The summed E-state index contributed by atoms with van der Waals surface area (Å²) >= 11 is 0. The van der Waals surface area contributed by atoms with Gasteiger partial charge in [0.2, 0.25) is 5.88 Å². The first-order chi connectivity index (χ1) is 17.5. The van der Waals surface area contributed by atoms with Crippen LogP contribution >= 0.6 is 0 Å². The number of nitrogens with one attached hydrogen (secondary N) is 1. The Kier molecular flexibility index (Phi) is 7.80. The van der Waals surface area contributed by atoms with Gasteiger partial charge in [-0.3, -0.25) is 9.23 Å². The number of imidazole rings is 1. The molecule has 0 saturated carbocycles. The van der Waals surface area contributed by atoms with E-state index >= 15 is 0 Å². The van der Waals surface area contributed by atoms with Crippen molar-refractivity contribution in [3.05, 3.63) is 40.8 Å². The summed E-state index contributed by atoms with van der Waals surface area (Å²) in [5.41, 5.74) is 2.27. The molecule has 0 aliphatic carbocycles. The van der Waals surface area contributed by atoms with E-state index in [-0.39, 0.29) is 28.1 Å². The van der Waals surface area contributed by atoms with Crippen molar-refractivity contribution in [2.75, 3.05) is 20.5 Å². The van der Waals surface area contributed by atoms with Crippen LogP contribution in [-0.4, -0.2) is 58.2 Å². The van der Waals surface area contributed by atoms with E-state index in [0.29, 0.717) is 34.6 Å². The first-order valence-corrected chi connectivity index (χ1v) is 13.0. The molecule has 3 heterocycles. The lowest BCUT2D eigenvalue weighted by molar-refractivity contribution is 0.397. The summed E-state index contributed by atoms with van der Waals surface area (Å²) in [6, 6.07) is 2.47. The first kappa shape index (κ1) is 28.9. The van der Waals surface area contributed by atoms with Gasteiger partial charge < -0.3 is 14.5 Å². The van der Waals surface area contributed by atoms with Gasteiger partial charge in [0.1, 0.15) is 16.9 Å². The highest BCUT2D eigenvalue weighted by Gasteiger charge is 2.29. The molecule has 2 N–H and O–H groups in total. The molecule has 0 unspecified atom stereocenters. The Morgan fingerprint density at radius 3 is 2.18 bits per heavy atom. The molecule has 38 heavy (non-hydrogen) atoms. The van der Waals surface area contributed by atoms with E-state index in [9.17, 15) is 21.6 Å². The molecule has 0 aliphatic heterocycles. The van der Waals surface area contributed by atoms with Crippen LogP contribution in [0.25, 0.3) is 33.8 Å². The SMILES string of the molecule is COc1c(C(C)(C)C)nn(C)c1-c1nc2cc(-c3cc(F)c(F)c(F)c3C)nc(OC)c2[nH]1.CS(=O)(=O)O. The Bertz CT molecular complexity index is 1620. The third kappa shape index (κ3) is 5.75. The van der Waals surface area contributed by atoms with Gasteiger partial charge in [-0.25, -0.2) is 23.1 Å². The number of aromatic nitrogens is 5. The Morgan fingerprint density at radius 1 is 1.05 bits per heavy atom. The summed E-state index contributed by atoms with van der Waals surface area (Å²) in [5, 5.41) is 4.61. The molecule has 4 rings (SSSR count). The van der Waals surface area contributed by atoms with E-state index in [1.807, 2.05) is 20.8 Å². The number of pyridine rings is 1. The Labute approximate surface area is 217 Å². The van der Waals surface area contributed by atoms with Gasteiger partial charge in [0, 0.05) is 18.0 Å². The second kappa shape index (κ2) is 10.3. The third-order valence-corrected chi connectivity index (χ3v) is 5.46. The van der Waals surface area contributed by atoms with E-state index in [1.165, 1.54) is 14.0 Å². The number of hydrogen-bond donors (Lipinski definition) is 2. The van der Waals surface area contributed by atoms with Gasteiger partial charge in [0.25, 0.3) is 10.1 Å². The maximum Gasteiger partial charge on any atom is 0.261 e. The van der Waals surface area contributed by atoms with Crippen molar-refractivity contribution >= 4 is 21.2 Å². The summed E-state index contributed by atoms with van der Waals surface area (Å²) in [6.07, 6.45) is 0.715. The van der Waals surface area contributed by atoms with Gasteiger partial charge in [-0.15, -0.1) is 0 Å². The van der Waals surface area contributed by atoms with Gasteiger partial charge >= 0.3 is 0 Å². The van der Waals surface area contributed by atoms with Crippen molar-refractivity contribution < 1.29 is 35.6 Å². The number of ether oxygens (including phenoxy) is 2. The highest BCUT2D eigenvalue weighted by molar-refractivity contribution is 7.85. The average Bonchev–Trinajstić information content (AvgIpc) is 3.38. The number of benzene rings is 1. The summed E-state index contributed by atoms with van der Waals surface area (Å²) in [5.74, 6) is -2.88. The molecule has 14 heteroatoms. The second-order valence-electron chi connectivity index (χ2n) is 9.49. The molecule has 0 aliphatic rings. The molecule has 3 aromatic heterocycles. The molecule has 4 aromatic rings. The van der Waals surface area contributed by atoms with Crippen molar-refractivity contribution in [3.63, 3.8) is 0 Å². The van der Waals surface area contributed by atoms with Crippen LogP contribution in [0.15, 0.2) is 12.1 Å². The monoisotopic (exact) mass is 555 g/mol. The van der Waals surface area contributed by atoms with E-state index in [4.69, 9.17) is 14.0 Å². The number of nitrogens with zero attached hydrogens (tertiary/aromatic N) is 4. The zero-order valence-corrected chi connectivity index (χ0v) is 22.9. The van der Waals surface area contributed by atoms with Gasteiger partial charge in [-0.05, 0) is 24.6 Å². The Balaban J connectivity index is 0.000000732. The van der Waals surface area contributed by atoms with Crippen LogP contribution in [0.1, 0.15) is 32.0 Å². The highest BCUT2D eigenvalue weighted by Crippen LogP contribution is 2.39. The number of rotatable bonds is 4. The fourth-order valence-electron chi connectivity index (χ4n) is 3.78. The smallest absolute Gasteiger partial charge is 0.261 e. The maximum atomic E-state index is 14.2. The normalized spacial score (nSPS) is 11.9. The molecule has 0 atom stereocenters. The minimum atomic E-state index is -3.67. The van der Waals surface area contributed by atoms with Crippen LogP contribution in [0.2, 0.25) is 0 Å². The third-order valence-electron chi connectivity index (χ3n) is 5.46. The minimum absolute atomic E-state index is 0.0679. The molecule has 0 saturated heterocycles. The lowest BCUT2D eigenvalue weighted by Gasteiger charge is -2.16. The molecule has 10 nitrogen and oxygen atoms in total. The highest BCUT2D eigenvalue weighted by atomic mass is 32.2. The number of hydrogen-bond acceptors (Lipinski definition) is 7. The summed E-state index contributed by atoms with van der Waals surface area (Å²) in [7, 11) is 1.11. The number of aromatic amines is 1. The largest absolute Gasteiger partial charge is 0.492 e. The fourth-order valence-corrected chi connectivity index (χ4v) is 3.78. The van der Waals surface area contributed by atoms with Crippen molar-refractivity contribution in [2.45, 2.75) is 33.1 Å². The Morgan fingerprint density at radius 2 is 1.66 bits per heavy atom. The first-order valence-electron chi connectivity index (χ1n) is 11.1. The van der Waals surface area contributed by atoms with Crippen molar-refractivity contribution in [1.29, 1.82) is 0 Å². The minimum Gasteiger partial charge on any atom is -0.492 e. The number of methoxy groups -OCH3 is 2. The molecular formula is C24H28F3N5O5S. The maximum absolute atomic E-state index is 14.2. The molecule has 1 aromatic carbocycles. The van der Waals surface area contributed by atoms with Crippen molar-refractivity contribution in [1.82, 2.24) is 24.7 Å². The number of halogens is 3. The summed E-state index contributed by atoms with van der Waals surface area (Å²) < 4.78 is 80.4. The number of aryl methyl sites for hydroxylation is 1. The van der Waals surface area contributed by atoms with Crippen LogP contribution in [0.5, 0.6) is 11.6 Å². The zero-order chi connectivity index (χ0) is 28.7. The molecule has 0 fully saturated rings. The molecule has 206 valence electrons. The molecular weight excluding hydrogens is 527 g/mol. The van der Waals surface area contributed by atoms with Crippen LogP contribution in [0.3, 0.4) is 0 Å². The van der Waals surface area contributed by atoms with E-state index < -0.39 is 27.6 Å². The summed E-state index contributed by atoms with van der Waals surface area (Å²) in [6.45, 7) is 7.45. The molecule has 0 spiro atoms. The quantitative estimate of drug-likeness (QED) is 0.277. The van der Waals surface area contributed by atoms with Crippen LogP contribution in [0.4, 0.5) is 13.2 Å². The second-order valence-corrected chi connectivity index (χ2v) is 11.0. The molecule has 0 radical (unpaired) electrons. The average molecular weight is 556 g/mol. The molecule has 0 amide bonds. The van der Waals surface area contributed by atoms with E-state index in [2.05, 4.69) is 20.1 Å². The van der Waals surface area contributed by atoms with Crippen molar-refractivity contribution in [2.24, 2.45) is 7.05 Å². The van der Waals surface area contributed by atoms with Gasteiger partial charge in [-0.1, -0.05) is 20.8 Å². The zero-order valence-electron chi connectivity index (χ0n) is 22.1. The standard InChI is InChI=1S/C23H24F3N5O2.CH4O3S/c1-10-11(8-12(24)16(26)15(10)25)13-9-14-17(22(28-13)33-7)29-21(27-14)18-19(32-6)20(23(2,3)4)30-31(18)5;1-5(2,3)4/h8-9H,1-7H3,(H,27,29);1H3,(H,2,3,4). The van der Waals surface area contributed by atoms with Crippen molar-refractivity contribution in [3.8, 4) is 34.4 Å². The van der Waals surface area contributed by atoms with Crippen LogP contribution < -0.4 is 9.47 Å². The Hall–Kier alpha value is -3.65. The van der Waals surface area contributed by atoms with Gasteiger partial charge in [0.05, 0.1) is 31.7 Å². The van der Waals surface area contributed by atoms with Crippen LogP contribution in [-0.2, 0) is 22.6 Å². The van der Waals surface area contributed by atoms with E-state index in [0.717, 1.165) is 11.8 Å². The predicted octanol–water partition coefficient (Wildman–Crippen LogP) is 4.57. The summed E-state index contributed by atoms with van der Waals surface area (Å²) in [4.78, 5) is 12.2. The predicted molar refractivity (Wildman–Crippen MR) is 135 cm³/mol. The van der Waals surface area contributed by atoms with Gasteiger partial charge in [0.15, 0.2) is 29.0 Å². The fraction of sp³-hybridized carbons (Fsp3) is 0.375. The van der Waals surface area contributed by atoms with Crippen LogP contribution in [0, 0.1) is 24.4 Å². The lowest BCUT2D eigenvalue weighted by atomic mass is 9.91. The van der Waals surface area contributed by atoms with E-state index in [1.54, 1.807) is 24.9 Å². The van der Waals surface area contributed by atoms with Gasteiger partial charge in [-0.2, -0.15) is 13.5 Å². The molecule has 0 bridgehead atoms.